The fourth-order valence-electron chi connectivity index (χ4n) is 2.71. The molecule has 1 aliphatic heterocycles. The number of H-pyrrole nitrogens is 1. The van der Waals surface area contributed by atoms with Gasteiger partial charge in [0, 0.05) is 12.3 Å². The van der Waals surface area contributed by atoms with Crippen LogP contribution in [0, 0.1) is 5.92 Å². The molecule has 0 radical (unpaired) electrons. The van der Waals surface area contributed by atoms with Crippen molar-refractivity contribution in [2.24, 2.45) is 5.92 Å². The van der Waals surface area contributed by atoms with Crippen molar-refractivity contribution >= 4 is 5.97 Å². The van der Waals surface area contributed by atoms with Crippen LogP contribution in [-0.4, -0.2) is 28.2 Å². The number of aromatic amines is 1. The largest absolute Gasteiger partial charge is 0.459 e. The molecule has 3 atom stereocenters. The molecule has 0 spiro atoms. The second-order valence-corrected chi connectivity index (χ2v) is 5.82. The molecule has 1 unspecified atom stereocenters. The van der Waals surface area contributed by atoms with Crippen LogP contribution in [0.15, 0.2) is 52.2 Å². The van der Waals surface area contributed by atoms with E-state index in [1.165, 1.54) is 16.8 Å². The smallest absolute Gasteiger partial charge is 0.338 e. The summed E-state index contributed by atoms with van der Waals surface area (Å²) in [4.78, 5) is 37.1. The molecule has 126 valence electrons. The molecule has 7 nitrogen and oxygen atoms in total. The van der Waals surface area contributed by atoms with Crippen LogP contribution in [0.2, 0.25) is 0 Å². The van der Waals surface area contributed by atoms with Gasteiger partial charge in [0.05, 0.1) is 11.7 Å². The predicted octanol–water partition coefficient (Wildman–Crippen LogP) is 1.32. The Balaban J connectivity index is 1.63. The van der Waals surface area contributed by atoms with E-state index < -0.39 is 23.4 Å². The lowest BCUT2D eigenvalue weighted by Crippen LogP contribution is -2.32. The van der Waals surface area contributed by atoms with Gasteiger partial charge in [-0.15, -0.1) is 0 Å². The summed E-state index contributed by atoms with van der Waals surface area (Å²) < 4.78 is 12.5. The zero-order valence-electron chi connectivity index (χ0n) is 13.2. The maximum atomic E-state index is 12.0. The number of nitrogens with zero attached hydrogens (tertiary/aromatic N) is 1. The fraction of sp³-hybridized carbons (Fsp3) is 0.353. The number of hydrogen-bond donors (Lipinski definition) is 1. The van der Waals surface area contributed by atoms with Crippen LogP contribution in [0.4, 0.5) is 0 Å². The third-order valence-electron chi connectivity index (χ3n) is 4.09. The van der Waals surface area contributed by atoms with Crippen LogP contribution in [0.1, 0.15) is 29.9 Å². The molecule has 0 amide bonds. The van der Waals surface area contributed by atoms with Crippen molar-refractivity contribution in [1.29, 1.82) is 0 Å². The maximum absolute atomic E-state index is 12.0. The van der Waals surface area contributed by atoms with E-state index in [4.69, 9.17) is 9.47 Å². The quantitative estimate of drug-likeness (QED) is 0.854. The van der Waals surface area contributed by atoms with Gasteiger partial charge in [-0.2, -0.15) is 0 Å². The van der Waals surface area contributed by atoms with E-state index in [2.05, 4.69) is 4.98 Å². The van der Waals surface area contributed by atoms with E-state index in [0.29, 0.717) is 12.0 Å². The van der Waals surface area contributed by atoms with Crippen molar-refractivity contribution in [2.75, 3.05) is 6.61 Å². The molecule has 1 aromatic heterocycles. The van der Waals surface area contributed by atoms with E-state index in [1.807, 2.05) is 13.0 Å². The average Bonchev–Trinajstić information content (AvgIpc) is 2.94. The number of ether oxygens (including phenoxy) is 2. The van der Waals surface area contributed by atoms with Crippen LogP contribution in [-0.2, 0) is 9.47 Å². The molecule has 3 rings (SSSR count). The summed E-state index contributed by atoms with van der Waals surface area (Å²) in [6, 6.07) is 10.0. The third kappa shape index (κ3) is 3.46. The van der Waals surface area contributed by atoms with Crippen LogP contribution >= 0.6 is 0 Å². The van der Waals surface area contributed by atoms with Gasteiger partial charge >= 0.3 is 11.7 Å². The highest BCUT2D eigenvalue weighted by Gasteiger charge is 2.34. The first-order valence-corrected chi connectivity index (χ1v) is 7.73. The lowest BCUT2D eigenvalue weighted by Gasteiger charge is -2.16. The molecule has 0 aliphatic carbocycles. The van der Waals surface area contributed by atoms with Gasteiger partial charge in [0.2, 0.25) is 0 Å². The fourth-order valence-corrected chi connectivity index (χ4v) is 2.71. The molecule has 2 heterocycles. The molecule has 0 saturated carbocycles. The van der Waals surface area contributed by atoms with Crippen LogP contribution < -0.4 is 11.2 Å². The molecule has 2 aromatic rings. The first kappa shape index (κ1) is 16.2. The first-order chi connectivity index (χ1) is 11.5. The van der Waals surface area contributed by atoms with Gasteiger partial charge in [0.25, 0.3) is 5.56 Å². The van der Waals surface area contributed by atoms with Gasteiger partial charge in [-0.3, -0.25) is 14.3 Å². The highest BCUT2D eigenvalue weighted by molar-refractivity contribution is 5.89. The van der Waals surface area contributed by atoms with Gasteiger partial charge in [0.1, 0.15) is 12.8 Å². The highest BCUT2D eigenvalue weighted by Crippen LogP contribution is 2.32. The van der Waals surface area contributed by atoms with Crippen LogP contribution in [0.3, 0.4) is 0 Å². The molecule has 24 heavy (non-hydrogen) atoms. The minimum absolute atomic E-state index is 0.109. The second kappa shape index (κ2) is 6.84. The highest BCUT2D eigenvalue weighted by atomic mass is 16.6. The summed E-state index contributed by atoms with van der Waals surface area (Å²) in [5.74, 6) is -0.298. The Bertz CT molecular complexity index is 827. The zero-order chi connectivity index (χ0) is 17.1. The second-order valence-electron chi connectivity index (χ2n) is 5.82. The minimum Gasteiger partial charge on any atom is -0.459 e. The number of hydrogen-bond acceptors (Lipinski definition) is 5. The van der Waals surface area contributed by atoms with Crippen LogP contribution in [0.5, 0.6) is 0 Å². The molecule has 1 saturated heterocycles. The Morgan fingerprint density at radius 1 is 1.29 bits per heavy atom. The van der Waals surface area contributed by atoms with Gasteiger partial charge in [0.15, 0.2) is 0 Å². The Hall–Kier alpha value is -2.67. The summed E-state index contributed by atoms with van der Waals surface area (Å²) in [7, 11) is 0. The van der Waals surface area contributed by atoms with E-state index in [1.54, 1.807) is 24.3 Å². The lowest BCUT2D eigenvalue weighted by atomic mass is 10.0. The van der Waals surface area contributed by atoms with Crippen molar-refractivity contribution < 1.29 is 14.3 Å². The van der Waals surface area contributed by atoms with Gasteiger partial charge in [-0.1, -0.05) is 25.1 Å². The Kier molecular flexibility index (Phi) is 4.61. The Morgan fingerprint density at radius 3 is 2.75 bits per heavy atom. The maximum Gasteiger partial charge on any atom is 0.338 e. The molecule has 1 aromatic carbocycles. The summed E-state index contributed by atoms with van der Waals surface area (Å²) in [5, 5.41) is 0. The molecule has 1 aliphatic rings. The number of benzene rings is 1. The van der Waals surface area contributed by atoms with Crippen molar-refractivity contribution in [3.8, 4) is 0 Å². The Morgan fingerprint density at radius 2 is 2.04 bits per heavy atom. The topological polar surface area (TPSA) is 90.4 Å². The Labute approximate surface area is 137 Å². The molecule has 0 bridgehead atoms. The summed E-state index contributed by atoms with van der Waals surface area (Å²) in [6.07, 6.45) is 1.22. The zero-order valence-corrected chi connectivity index (χ0v) is 13.2. The molecule has 7 heteroatoms. The summed E-state index contributed by atoms with van der Waals surface area (Å²) in [6.45, 7) is 2.08. The van der Waals surface area contributed by atoms with E-state index in [0.717, 1.165) is 0 Å². The number of aromatic nitrogens is 2. The van der Waals surface area contributed by atoms with Crippen molar-refractivity contribution in [2.45, 2.75) is 25.7 Å². The van der Waals surface area contributed by atoms with Gasteiger partial charge < -0.3 is 9.47 Å². The predicted molar refractivity (Wildman–Crippen MR) is 85.7 cm³/mol. The first-order valence-electron chi connectivity index (χ1n) is 7.73. The number of carbonyl (C=O) groups is 1. The van der Waals surface area contributed by atoms with Gasteiger partial charge in [-0.05, 0) is 24.5 Å². The van der Waals surface area contributed by atoms with Crippen molar-refractivity contribution in [1.82, 2.24) is 9.55 Å². The van der Waals surface area contributed by atoms with E-state index in [-0.39, 0.29) is 18.6 Å². The minimum atomic E-state index is -0.512. The SMILES string of the molecule is CC1C[C@@H](n2ccc(=O)[nH]c2=O)O[C@H]1COC(=O)c1ccccc1. The number of rotatable bonds is 4. The molecular weight excluding hydrogens is 312 g/mol. The average molecular weight is 330 g/mol. The number of nitrogens with one attached hydrogen (secondary N) is 1. The summed E-state index contributed by atoms with van der Waals surface area (Å²) in [5.41, 5.74) is -0.478. The van der Waals surface area contributed by atoms with Crippen molar-refractivity contribution in [3.05, 3.63) is 69.0 Å². The standard InChI is InChI=1S/C17H18N2O5/c1-11-9-15(19-8-7-14(20)18-17(19)22)24-13(11)10-23-16(21)12-5-3-2-4-6-12/h2-8,11,13,15H,9-10H2,1H3,(H,18,20,22)/t11?,13-,15-/m0/s1. The normalized spacial score (nSPS) is 23.1. The van der Waals surface area contributed by atoms with Crippen LogP contribution in [0.25, 0.3) is 0 Å². The third-order valence-corrected chi connectivity index (χ3v) is 4.09. The number of esters is 1. The van der Waals surface area contributed by atoms with E-state index >= 15 is 0 Å². The monoisotopic (exact) mass is 330 g/mol. The molecular formula is C17H18N2O5. The molecule has 1 N–H and O–H groups in total. The van der Waals surface area contributed by atoms with E-state index in [9.17, 15) is 14.4 Å². The lowest BCUT2D eigenvalue weighted by molar-refractivity contribution is -0.0401. The summed E-state index contributed by atoms with van der Waals surface area (Å²) >= 11 is 0. The molecule has 1 fully saturated rings. The number of carbonyl (C=O) groups excluding carboxylic acids is 1. The van der Waals surface area contributed by atoms with Crippen molar-refractivity contribution in [3.63, 3.8) is 0 Å². The van der Waals surface area contributed by atoms with Gasteiger partial charge in [-0.25, -0.2) is 9.59 Å².